The fourth-order valence-electron chi connectivity index (χ4n) is 0.841. The molecule has 0 saturated heterocycles. The highest BCUT2D eigenvalue weighted by atomic mass is 32.1. The maximum atomic E-state index is 10.4. The van der Waals surface area contributed by atoms with Gasteiger partial charge >= 0.3 is 6.03 Å². The monoisotopic (exact) mass is 210 g/mol. The highest BCUT2D eigenvalue weighted by molar-refractivity contribution is 7.12. The number of aliphatic hydroxyl groups excluding tert-OH is 1. The Morgan fingerprint density at radius 3 is 3.07 bits per heavy atom. The Kier molecular flexibility index (Phi) is 3.98. The summed E-state index contributed by atoms with van der Waals surface area (Å²) in [5.41, 5.74) is 4.92. The summed E-state index contributed by atoms with van der Waals surface area (Å²) in [7, 11) is 0. The first-order valence-electron chi connectivity index (χ1n) is 3.94. The third kappa shape index (κ3) is 3.47. The van der Waals surface area contributed by atoms with E-state index >= 15 is 0 Å². The van der Waals surface area contributed by atoms with Crippen LogP contribution >= 0.6 is 11.3 Å². The molecule has 0 unspecified atom stereocenters. The number of thiophene rings is 1. The third-order valence-electron chi connectivity index (χ3n) is 1.39. The minimum absolute atomic E-state index is 0.146. The number of primary amides is 1. The molecule has 0 aromatic carbocycles. The standard InChI is InChI=1S/C9H10N2O2S/c10-9(13)11-6-8-4-3-7(14-8)2-1-5-12/h3-4,12H,5-6H2,(H3,10,11,13). The summed E-state index contributed by atoms with van der Waals surface area (Å²) in [5.74, 6) is 5.32. The van der Waals surface area contributed by atoms with Crippen molar-refractivity contribution in [3.8, 4) is 11.8 Å². The average Bonchev–Trinajstić information content (AvgIpc) is 2.59. The number of nitrogens with two attached hydrogens (primary N) is 1. The molecule has 74 valence electrons. The molecule has 0 saturated carbocycles. The van der Waals surface area contributed by atoms with Crippen molar-refractivity contribution < 1.29 is 9.90 Å². The molecule has 4 nitrogen and oxygen atoms in total. The predicted molar refractivity (Wildman–Crippen MR) is 54.7 cm³/mol. The SMILES string of the molecule is NC(=O)NCc1ccc(C#CCO)s1. The fraction of sp³-hybridized carbons (Fsp3) is 0.222. The third-order valence-corrected chi connectivity index (χ3v) is 2.39. The molecule has 1 aromatic heterocycles. The second-order valence-corrected chi connectivity index (χ2v) is 3.61. The second-order valence-electron chi connectivity index (χ2n) is 2.44. The summed E-state index contributed by atoms with van der Waals surface area (Å²) in [6.45, 7) is 0.271. The number of rotatable bonds is 2. The number of carbonyl (C=O) groups excluding carboxylic acids is 1. The van der Waals surface area contributed by atoms with Crippen LogP contribution in [0.5, 0.6) is 0 Å². The molecule has 0 atom stereocenters. The van der Waals surface area contributed by atoms with Gasteiger partial charge in [0.1, 0.15) is 6.61 Å². The van der Waals surface area contributed by atoms with Crippen molar-refractivity contribution in [3.05, 3.63) is 21.9 Å². The van der Waals surface area contributed by atoms with Gasteiger partial charge in [-0.05, 0) is 12.1 Å². The minimum Gasteiger partial charge on any atom is -0.384 e. The molecular weight excluding hydrogens is 200 g/mol. The fourth-order valence-corrected chi connectivity index (χ4v) is 1.66. The van der Waals surface area contributed by atoms with Gasteiger partial charge in [-0.15, -0.1) is 11.3 Å². The van der Waals surface area contributed by atoms with Gasteiger partial charge in [0.25, 0.3) is 0 Å². The lowest BCUT2D eigenvalue weighted by atomic mass is 10.4. The largest absolute Gasteiger partial charge is 0.384 e. The van der Waals surface area contributed by atoms with E-state index in [1.165, 1.54) is 11.3 Å². The molecular formula is C9H10N2O2S. The van der Waals surface area contributed by atoms with Gasteiger partial charge in [-0.1, -0.05) is 11.8 Å². The maximum absolute atomic E-state index is 10.4. The number of urea groups is 1. The van der Waals surface area contributed by atoms with Crippen LogP contribution in [0.2, 0.25) is 0 Å². The van der Waals surface area contributed by atoms with Crippen LogP contribution < -0.4 is 11.1 Å². The zero-order chi connectivity index (χ0) is 10.4. The van der Waals surface area contributed by atoms with Gasteiger partial charge in [0.2, 0.25) is 0 Å². The summed E-state index contributed by atoms with van der Waals surface area (Å²) in [4.78, 5) is 12.2. The number of hydrogen-bond donors (Lipinski definition) is 3. The Morgan fingerprint density at radius 1 is 1.64 bits per heavy atom. The Labute approximate surface area is 85.7 Å². The van der Waals surface area contributed by atoms with Gasteiger partial charge in [0, 0.05) is 4.88 Å². The Bertz CT molecular complexity index is 376. The molecule has 0 aliphatic rings. The molecule has 0 spiro atoms. The van der Waals surface area contributed by atoms with Crippen LogP contribution in [0.1, 0.15) is 9.75 Å². The summed E-state index contributed by atoms with van der Waals surface area (Å²) in [6, 6.07) is 3.16. The lowest BCUT2D eigenvalue weighted by Crippen LogP contribution is -2.28. The van der Waals surface area contributed by atoms with Crippen molar-refractivity contribution >= 4 is 17.4 Å². The molecule has 0 aliphatic carbocycles. The molecule has 2 amide bonds. The number of nitrogens with one attached hydrogen (secondary N) is 1. The van der Waals surface area contributed by atoms with Crippen LogP contribution in [0.4, 0.5) is 4.79 Å². The van der Waals surface area contributed by atoms with Gasteiger partial charge in [-0.2, -0.15) is 0 Å². The van der Waals surface area contributed by atoms with E-state index in [4.69, 9.17) is 10.8 Å². The van der Waals surface area contributed by atoms with Crippen LogP contribution in [0.25, 0.3) is 0 Å². The van der Waals surface area contributed by atoms with Crippen LogP contribution in [0.15, 0.2) is 12.1 Å². The van der Waals surface area contributed by atoms with Gasteiger partial charge in [0.05, 0.1) is 11.4 Å². The molecule has 1 rings (SSSR count). The van der Waals surface area contributed by atoms with E-state index in [2.05, 4.69) is 17.2 Å². The summed E-state index contributed by atoms with van der Waals surface area (Å²) < 4.78 is 0. The molecule has 5 heteroatoms. The zero-order valence-electron chi connectivity index (χ0n) is 7.41. The van der Waals surface area contributed by atoms with Crippen LogP contribution in [0, 0.1) is 11.8 Å². The van der Waals surface area contributed by atoms with E-state index in [0.717, 1.165) is 9.75 Å². The number of hydrogen-bond acceptors (Lipinski definition) is 3. The van der Waals surface area contributed by atoms with Crippen LogP contribution in [-0.2, 0) is 6.54 Å². The van der Waals surface area contributed by atoms with Gasteiger partial charge in [0.15, 0.2) is 0 Å². The Balaban J connectivity index is 2.55. The highest BCUT2D eigenvalue weighted by Crippen LogP contribution is 2.14. The number of aliphatic hydroxyl groups is 1. The van der Waals surface area contributed by atoms with E-state index in [1.54, 1.807) is 0 Å². The number of amides is 2. The molecule has 1 heterocycles. The van der Waals surface area contributed by atoms with Crippen molar-refractivity contribution in [2.45, 2.75) is 6.54 Å². The summed E-state index contributed by atoms with van der Waals surface area (Å²) in [6.07, 6.45) is 0. The van der Waals surface area contributed by atoms with E-state index < -0.39 is 6.03 Å². The van der Waals surface area contributed by atoms with Crippen molar-refractivity contribution in [3.63, 3.8) is 0 Å². The summed E-state index contributed by atoms with van der Waals surface area (Å²) >= 11 is 1.46. The Hall–Kier alpha value is -1.51. The van der Waals surface area contributed by atoms with Gasteiger partial charge < -0.3 is 16.2 Å². The van der Waals surface area contributed by atoms with E-state index in [-0.39, 0.29) is 6.61 Å². The number of carbonyl (C=O) groups is 1. The first kappa shape index (κ1) is 10.6. The first-order valence-corrected chi connectivity index (χ1v) is 4.76. The molecule has 14 heavy (non-hydrogen) atoms. The summed E-state index contributed by atoms with van der Waals surface area (Å²) in [5, 5.41) is 11.0. The topological polar surface area (TPSA) is 75.4 Å². The quantitative estimate of drug-likeness (QED) is 0.612. The molecule has 0 radical (unpaired) electrons. The van der Waals surface area contributed by atoms with Gasteiger partial charge in [-0.25, -0.2) is 4.79 Å². The van der Waals surface area contributed by atoms with Crippen LogP contribution in [0.3, 0.4) is 0 Å². The van der Waals surface area contributed by atoms with Crippen molar-refractivity contribution in [2.75, 3.05) is 6.61 Å². The van der Waals surface area contributed by atoms with Crippen LogP contribution in [-0.4, -0.2) is 17.7 Å². The molecule has 0 aliphatic heterocycles. The first-order chi connectivity index (χ1) is 6.72. The van der Waals surface area contributed by atoms with Crippen molar-refractivity contribution in [2.24, 2.45) is 5.73 Å². The maximum Gasteiger partial charge on any atom is 0.312 e. The average molecular weight is 210 g/mol. The minimum atomic E-state index is -0.540. The van der Waals surface area contributed by atoms with E-state index in [9.17, 15) is 4.79 Å². The lowest BCUT2D eigenvalue weighted by molar-refractivity contribution is 0.248. The highest BCUT2D eigenvalue weighted by Gasteiger charge is 1.98. The molecule has 1 aromatic rings. The second kappa shape index (κ2) is 5.27. The van der Waals surface area contributed by atoms with E-state index in [1.807, 2.05) is 12.1 Å². The van der Waals surface area contributed by atoms with E-state index in [0.29, 0.717) is 6.54 Å². The normalized spacial score (nSPS) is 8.93. The molecule has 4 N–H and O–H groups in total. The lowest BCUT2D eigenvalue weighted by Gasteiger charge is -1.96. The van der Waals surface area contributed by atoms with Crippen molar-refractivity contribution in [1.29, 1.82) is 0 Å². The van der Waals surface area contributed by atoms with Gasteiger partial charge in [-0.3, -0.25) is 0 Å². The molecule has 0 fully saturated rings. The zero-order valence-corrected chi connectivity index (χ0v) is 8.23. The molecule has 0 bridgehead atoms. The Morgan fingerprint density at radius 2 is 2.43 bits per heavy atom. The predicted octanol–water partition coefficient (Wildman–Crippen LogP) is 0.260. The smallest absolute Gasteiger partial charge is 0.312 e. The van der Waals surface area contributed by atoms with Crippen molar-refractivity contribution in [1.82, 2.24) is 5.32 Å².